The number of nitrogens with zero attached hydrogens (tertiary/aromatic N) is 2. The molecule has 0 bridgehead atoms. The molecule has 1 aromatic rings. The zero-order chi connectivity index (χ0) is 15.0. The lowest BCUT2D eigenvalue weighted by atomic mass is 9.79. The molecule has 1 amide bonds. The predicted octanol–water partition coefficient (Wildman–Crippen LogP) is 2.19. The van der Waals surface area contributed by atoms with Crippen molar-refractivity contribution >= 4 is 17.9 Å². The molecule has 0 atom stereocenters. The summed E-state index contributed by atoms with van der Waals surface area (Å²) in [6.07, 6.45) is 1.41. The van der Waals surface area contributed by atoms with Gasteiger partial charge < -0.3 is 9.84 Å². The number of halogens is 1. The number of hydrogen-bond donors (Lipinski definition) is 1. The lowest BCUT2D eigenvalue weighted by Crippen LogP contribution is -2.40. The highest BCUT2D eigenvalue weighted by molar-refractivity contribution is 5.89. The van der Waals surface area contributed by atoms with Gasteiger partial charge in [0, 0.05) is 0 Å². The van der Waals surface area contributed by atoms with Gasteiger partial charge in [0.1, 0.15) is 11.4 Å². The molecule has 0 radical (unpaired) electrons. The molecule has 2 aliphatic rings. The summed E-state index contributed by atoms with van der Waals surface area (Å²) in [5.41, 5.74) is -0.670. The molecule has 1 aromatic heterocycles. The van der Waals surface area contributed by atoms with E-state index in [4.69, 9.17) is 9.84 Å². The fourth-order valence-electron chi connectivity index (χ4n) is 3.00. The maximum atomic E-state index is 13.2. The first-order valence-electron chi connectivity index (χ1n) is 6.85. The summed E-state index contributed by atoms with van der Waals surface area (Å²) in [5, 5.41) is 9.01. The lowest BCUT2D eigenvalue weighted by Gasteiger charge is -2.33. The Kier molecular flexibility index (Phi) is 3.27. The van der Waals surface area contributed by atoms with Crippen LogP contribution in [-0.2, 0) is 9.53 Å². The normalized spacial score (nSPS) is 28.7. The van der Waals surface area contributed by atoms with Gasteiger partial charge in [-0.1, -0.05) is 6.07 Å². The van der Waals surface area contributed by atoms with Crippen molar-refractivity contribution in [1.29, 1.82) is 0 Å². The van der Waals surface area contributed by atoms with Crippen LogP contribution < -0.4 is 4.90 Å². The summed E-state index contributed by atoms with van der Waals surface area (Å²) < 4.78 is 18.6. The third-order valence-electron chi connectivity index (χ3n) is 4.19. The Hall–Kier alpha value is -2.18. The number of aromatic nitrogens is 1. The molecule has 1 saturated carbocycles. The van der Waals surface area contributed by atoms with Gasteiger partial charge in [-0.2, -0.15) is 4.39 Å². The van der Waals surface area contributed by atoms with Crippen LogP contribution in [0.4, 0.5) is 15.0 Å². The van der Waals surface area contributed by atoms with E-state index in [9.17, 15) is 14.0 Å². The van der Waals surface area contributed by atoms with Crippen molar-refractivity contribution in [2.24, 2.45) is 5.92 Å². The molecule has 1 spiro atoms. The van der Waals surface area contributed by atoms with Crippen molar-refractivity contribution in [3.8, 4) is 0 Å². The van der Waals surface area contributed by atoms with Gasteiger partial charge in [0.15, 0.2) is 0 Å². The van der Waals surface area contributed by atoms with Gasteiger partial charge in [-0.3, -0.25) is 9.69 Å². The fraction of sp³-hybridized carbons (Fsp3) is 0.500. The number of carboxylic acid groups (broad SMARTS) is 1. The summed E-state index contributed by atoms with van der Waals surface area (Å²) in [7, 11) is 0. The molecule has 21 heavy (non-hydrogen) atoms. The van der Waals surface area contributed by atoms with Crippen LogP contribution in [0.15, 0.2) is 18.2 Å². The van der Waals surface area contributed by atoms with Crippen LogP contribution in [-0.4, -0.2) is 34.3 Å². The summed E-state index contributed by atoms with van der Waals surface area (Å²) in [6, 6.07) is 4.24. The number of carbonyl (C=O) groups excluding carboxylic acids is 1. The highest BCUT2D eigenvalue weighted by Gasteiger charge is 2.48. The SMILES string of the molecule is O=C(O)C1CCC2(CC1)CN(c1cccc(F)n1)C(=O)O2. The van der Waals surface area contributed by atoms with Crippen LogP contribution >= 0.6 is 0 Å². The van der Waals surface area contributed by atoms with E-state index < -0.39 is 23.6 Å². The van der Waals surface area contributed by atoms with Gasteiger partial charge in [0.05, 0.1) is 12.5 Å². The van der Waals surface area contributed by atoms with Crippen molar-refractivity contribution < 1.29 is 23.8 Å². The lowest BCUT2D eigenvalue weighted by molar-refractivity contribution is -0.144. The summed E-state index contributed by atoms with van der Waals surface area (Å²) >= 11 is 0. The quantitative estimate of drug-likeness (QED) is 0.846. The van der Waals surface area contributed by atoms with Crippen LogP contribution in [0, 0.1) is 11.9 Å². The molecule has 1 saturated heterocycles. The first-order valence-corrected chi connectivity index (χ1v) is 6.85. The van der Waals surface area contributed by atoms with Crippen molar-refractivity contribution in [1.82, 2.24) is 4.98 Å². The average Bonchev–Trinajstić information content (AvgIpc) is 2.76. The Balaban J connectivity index is 1.75. The monoisotopic (exact) mass is 294 g/mol. The third kappa shape index (κ3) is 2.55. The third-order valence-corrected chi connectivity index (χ3v) is 4.19. The molecule has 1 aliphatic heterocycles. The number of amides is 1. The highest BCUT2D eigenvalue weighted by Crippen LogP contribution is 2.40. The van der Waals surface area contributed by atoms with E-state index in [0.717, 1.165) is 0 Å². The Bertz CT molecular complexity index is 584. The van der Waals surface area contributed by atoms with E-state index in [-0.39, 0.29) is 18.3 Å². The minimum Gasteiger partial charge on any atom is -0.481 e. The first kappa shape index (κ1) is 13.8. The van der Waals surface area contributed by atoms with Gasteiger partial charge >= 0.3 is 12.1 Å². The van der Waals surface area contributed by atoms with Gasteiger partial charge in [0.2, 0.25) is 5.95 Å². The number of carbonyl (C=O) groups is 2. The number of hydrogen-bond acceptors (Lipinski definition) is 4. The minimum atomic E-state index is -0.808. The number of pyridine rings is 1. The van der Waals surface area contributed by atoms with E-state index in [1.807, 2.05) is 0 Å². The van der Waals surface area contributed by atoms with Crippen LogP contribution in [0.2, 0.25) is 0 Å². The van der Waals surface area contributed by atoms with Crippen LogP contribution in [0.5, 0.6) is 0 Å². The molecule has 2 fully saturated rings. The Morgan fingerprint density at radius 2 is 2.14 bits per heavy atom. The second kappa shape index (κ2) is 4.98. The summed E-state index contributed by atoms with van der Waals surface area (Å²) in [5.74, 6) is -1.62. The molecule has 2 heterocycles. The number of anilines is 1. The fourth-order valence-corrected chi connectivity index (χ4v) is 3.00. The molecular weight excluding hydrogens is 279 g/mol. The standard InChI is InChI=1S/C14H15FN2O4/c15-10-2-1-3-11(16-10)17-8-14(21-13(17)20)6-4-9(5-7-14)12(18)19/h1-3,9H,4-8H2,(H,18,19). The molecule has 0 unspecified atom stereocenters. The number of rotatable bonds is 2. The van der Waals surface area contributed by atoms with E-state index in [2.05, 4.69) is 4.98 Å². The van der Waals surface area contributed by atoms with Crippen molar-refractivity contribution in [3.05, 3.63) is 24.1 Å². The van der Waals surface area contributed by atoms with E-state index in [0.29, 0.717) is 25.7 Å². The molecule has 112 valence electrons. The molecule has 6 nitrogen and oxygen atoms in total. The first-order chi connectivity index (χ1) is 9.99. The molecule has 7 heteroatoms. The van der Waals surface area contributed by atoms with Gasteiger partial charge in [-0.15, -0.1) is 0 Å². The smallest absolute Gasteiger partial charge is 0.416 e. The zero-order valence-corrected chi connectivity index (χ0v) is 11.3. The largest absolute Gasteiger partial charge is 0.481 e. The van der Waals surface area contributed by atoms with Crippen LogP contribution in [0.1, 0.15) is 25.7 Å². The maximum absolute atomic E-state index is 13.2. The van der Waals surface area contributed by atoms with Gasteiger partial charge in [0.25, 0.3) is 0 Å². The van der Waals surface area contributed by atoms with E-state index in [1.54, 1.807) is 6.07 Å². The average molecular weight is 294 g/mol. The predicted molar refractivity (Wildman–Crippen MR) is 70.3 cm³/mol. The number of carboxylic acids is 1. The van der Waals surface area contributed by atoms with Gasteiger partial charge in [-0.25, -0.2) is 9.78 Å². The Labute approximate surface area is 120 Å². The number of aliphatic carboxylic acids is 1. The second-order valence-corrected chi connectivity index (χ2v) is 5.57. The highest BCUT2D eigenvalue weighted by atomic mass is 19.1. The van der Waals surface area contributed by atoms with Crippen molar-refractivity contribution in [3.63, 3.8) is 0 Å². The maximum Gasteiger partial charge on any atom is 0.416 e. The van der Waals surface area contributed by atoms with E-state index in [1.165, 1.54) is 17.0 Å². The molecular formula is C14H15FN2O4. The summed E-state index contributed by atoms with van der Waals surface area (Å²) in [4.78, 5) is 28.0. The minimum absolute atomic E-state index is 0.220. The Morgan fingerprint density at radius 1 is 1.43 bits per heavy atom. The zero-order valence-electron chi connectivity index (χ0n) is 11.3. The van der Waals surface area contributed by atoms with E-state index >= 15 is 0 Å². The van der Waals surface area contributed by atoms with Crippen molar-refractivity contribution in [2.45, 2.75) is 31.3 Å². The molecule has 0 aromatic carbocycles. The number of ether oxygens (including phenoxy) is 1. The second-order valence-electron chi connectivity index (χ2n) is 5.57. The van der Waals surface area contributed by atoms with Crippen LogP contribution in [0.25, 0.3) is 0 Å². The van der Waals surface area contributed by atoms with Crippen LogP contribution in [0.3, 0.4) is 0 Å². The summed E-state index contributed by atoms with van der Waals surface area (Å²) in [6.45, 7) is 0.286. The van der Waals surface area contributed by atoms with Gasteiger partial charge in [-0.05, 0) is 37.8 Å². The topological polar surface area (TPSA) is 79.7 Å². The molecule has 3 rings (SSSR count). The molecule has 1 aliphatic carbocycles. The van der Waals surface area contributed by atoms with Crippen molar-refractivity contribution in [2.75, 3.05) is 11.4 Å². The molecule has 1 N–H and O–H groups in total. The Morgan fingerprint density at radius 3 is 2.76 bits per heavy atom.